The van der Waals surface area contributed by atoms with Crippen LogP contribution in [0.15, 0.2) is 30.3 Å². The van der Waals surface area contributed by atoms with Crippen molar-refractivity contribution in [3.63, 3.8) is 0 Å². The van der Waals surface area contributed by atoms with Gasteiger partial charge in [0.2, 0.25) is 11.8 Å². The van der Waals surface area contributed by atoms with Crippen molar-refractivity contribution in [3.05, 3.63) is 35.9 Å². The molecule has 0 saturated carbocycles. The lowest BCUT2D eigenvalue weighted by molar-refractivity contribution is -0.143. The number of carbonyl (C=O) groups excluding carboxylic acids is 1. The van der Waals surface area contributed by atoms with Crippen molar-refractivity contribution in [1.29, 1.82) is 0 Å². The second-order valence-corrected chi connectivity index (χ2v) is 7.42. The number of hydrogen-bond acceptors (Lipinski definition) is 4. The van der Waals surface area contributed by atoms with Gasteiger partial charge in [0.05, 0.1) is 18.0 Å². The van der Waals surface area contributed by atoms with Crippen LogP contribution in [0, 0.1) is 5.41 Å². The predicted octanol–water partition coefficient (Wildman–Crippen LogP) is 2.69. The monoisotopic (exact) mass is 339 g/mol. The molecule has 25 heavy (non-hydrogen) atoms. The largest absolute Gasteiger partial charge is 0.481 e. The van der Waals surface area contributed by atoms with Crippen LogP contribution in [-0.2, 0) is 11.3 Å². The molecule has 1 atom stereocenters. The SMILES string of the molecule is COc1nc2ccccc2cc1CN1CCC2(CCCN(C)C2=O)C1. The Labute approximate surface area is 148 Å². The summed E-state index contributed by atoms with van der Waals surface area (Å²) in [5.74, 6) is 1.01. The van der Waals surface area contributed by atoms with Gasteiger partial charge in [0.1, 0.15) is 0 Å². The van der Waals surface area contributed by atoms with Gasteiger partial charge in [-0.1, -0.05) is 18.2 Å². The molecule has 2 aliphatic rings. The van der Waals surface area contributed by atoms with Crippen LogP contribution in [0.3, 0.4) is 0 Å². The van der Waals surface area contributed by atoms with Gasteiger partial charge >= 0.3 is 0 Å². The predicted molar refractivity (Wildman–Crippen MR) is 97.5 cm³/mol. The number of para-hydroxylation sites is 1. The number of carbonyl (C=O) groups is 1. The van der Waals surface area contributed by atoms with E-state index < -0.39 is 0 Å². The summed E-state index contributed by atoms with van der Waals surface area (Å²) in [6.45, 7) is 3.46. The molecule has 1 spiro atoms. The molecule has 1 amide bonds. The van der Waals surface area contributed by atoms with Gasteiger partial charge < -0.3 is 9.64 Å². The molecular formula is C20H25N3O2. The van der Waals surface area contributed by atoms with E-state index in [2.05, 4.69) is 22.0 Å². The lowest BCUT2D eigenvalue weighted by atomic mass is 9.78. The first-order chi connectivity index (χ1) is 12.1. The van der Waals surface area contributed by atoms with Crippen molar-refractivity contribution < 1.29 is 9.53 Å². The van der Waals surface area contributed by atoms with E-state index in [0.29, 0.717) is 11.8 Å². The lowest BCUT2D eigenvalue weighted by Gasteiger charge is -2.37. The average Bonchev–Trinajstić information content (AvgIpc) is 3.02. The van der Waals surface area contributed by atoms with E-state index >= 15 is 0 Å². The molecule has 3 heterocycles. The van der Waals surface area contributed by atoms with E-state index in [1.807, 2.05) is 30.1 Å². The van der Waals surface area contributed by atoms with Crippen LogP contribution in [0.1, 0.15) is 24.8 Å². The number of fused-ring (bicyclic) bond motifs is 1. The number of benzene rings is 1. The Hall–Kier alpha value is -2.14. The number of nitrogens with zero attached hydrogens (tertiary/aromatic N) is 3. The Morgan fingerprint density at radius 3 is 2.92 bits per heavy atom. The molecular weight excluding hydrogens is 314 g/mol. The maximum absolute atomic E-state index is 12.7. The summed E-state index contributed by atoms with van der Waals surface area (Å²) in [6.07, 6.45) is 3.08. The third-order valence-corrected chi connectivity index (χ3v) is 5.73. The minimum atomic E-state index is -0.176. The van der Waals surface area contributed by atoms with E-state index in [1.165, 1.54) is 0 Å². The first-order valence-corrected chi connectivity index (χ1v) is 9.02. The van der Waals surface area contributed by atoms with E-state index in [4.69, 9.17) is 4.74 Å². The van der Waals surface area contributed by atoms with Gasteiger partial charge in [-0.2, -0.15) is 0 Å². The number of amides is 1. The Balaban J connectivity index is 1.57. The van der Waals surface area contributed by atoms with Crippen molar-refractivity contribution in [2.45, 2.75) is 25.8 Å². The van der Waals surface area contributed by atoms with Crippen molar-refractivity contribution in [2.24, 2.45) is 5.41 Å². The second-order valence-electron chi connectivity index (χ2n) is 7.42. The van der Waals surface area contributed by atoms with Crippen LogP contribution in [0.5, 0.6) is 5.88 Å². The number of likely N-dealkylation sites (tertiary alicyclic amines) is 2. The molecule has 0 bridgehead atoms. The van der Waals surface area contributed by atoms with Gasteiger partial charge in [-0.05, 0) is 37.9 Å². The first kappa shape index (κ1) is 16.3. The van der Waals surface area contributed by atoms with Crippen LogP contribution in [-0.4, -0.2) is 54.5 Å². The molecule has 2 aromatic rings. The first-order valence-electron chi connectivity index (χ1n) is 9.02. The van der Waals surface area contributed by atoms with Crippen LogP contribution >= 0.6 is 0 Å². The zero-order valence-electron chi connectivity index (χ0n) is 15.0. The van der Waals surface area contributed by atoms with Crippen LogP contribution in [0.2, 0.25) is 0 Å². The second kappa shape index (κ2) is 6.30. The Morgan fingerprint density at radius 1 is 1.24 bits per heavy atom. The summed E-state index contributed by atoms with van der Waals surface area (Å²) >= 11 is 0. The van der Waals surface area contributed by atoms with Crippen molar-refractivity contribution >= 4 is 16.8 Å². The fourth-order valence-electron chi connectivity index (χ4n) is 4.41. The number of rotatable bonds is 3. The van der Waals surface area contributed by atoms with Gasteiger partial charge in [0.15, 0.2) is 0 Å². The highest BCUT2D eigenvalue weighted by molar-refractivity contribution is 5.84. The molecule has 0 radical (unpaired) electrons. The van der Waals surface area contributed by atoms with E-state index in [0.717, 1.165) is 61.9 Å². The van der Waals surface area contributed by atoms with Crippen LogP contribution < -0.4 is 4.74 Å². The Bertz CT molecular complexity index is 807. The maximum Gasteiger partial charge on any atom is 0.229 e. The van der Waals surface area contributed by atoms with Gasteiger partial charge in [-0.25, -0.2) is 4.98 Å². The maximum atomic E-state index is 12.7. The van der Waals surface area contributed by atoms with E-state index in [1.54, 1.807) is 7.11 Å². The molecule has 0 aliphatic carbocycles. The molecule has 1 aromatic carbocycles. The third kappa shape index (κ3) is 2.86. The van der Waals surface area contributed by atoms with Gasteiger partial charge in [-0.15, -0.1) is 0 Å². The van der Waals surface area contributed by atoms with Gasteiger partial charge in [0.25, 0.3) is 0 Å². The van der Waals surface area contributed by atoms with E-state index in [-0.39, 0.29) is 5.41 Å². The molecule has 0 N–H and O–H groups in total. The molecule has 1 unspecified atom stereocenters. The summed E-state index contributed by atoms with van der Waals surface area (Å²) in [6, 6.07) is 10.3. The topological polar surface area (TPSA) is 45.7 Å². The quantitative estimate of drug-likeness (QED) is 0.862. The fraction of sp³-hybridized carbons (Fsp3) is 0.500. The third-order valence-electron chi connectivity index (χ3n) is 5.73. The molecule has 2 fully saturated rings. The number of methoxy groups -OCH3 is 1. The van der Waals surface area contributed by atoms with Gasteiger partial charge in [-0.3, -0.25) is 9.69 Å². The summed E-state index contributed by atoms with van der Waals surface area (Å²) in [5.41, 5.74) is 1.87. The number of aromatic nitrogens is 1. The highest BCUT2D eigenvalue weighted by Crippen LogP contribution is 2.40. The number of pyridine rings is 1. The number of ether oxygens (including phenoxy) is 1. The minimum Gasteiger partial charge on any atom is -0.481 e. The van der Waals surface area contributed by atoms with Crippen molar-refractivity contribution in [2.75, 3.05) is 33.8 Å². The van der Waals surface area contributed by atoms with Crippen LogP contribution in [0.4, 0.5) is 0 Å². The number of hydrogen-bond donors (Lipinski definition) is 0. The van der Waals surface area contributed by atoms with E-state index in [9.17, 15) is 4.79 Å². The molecule has 4 rings (SSSR count). The summed E-state index contributed by atoms with van der Waals surface area (Å²) in [4.78, 5) is 21.6. The summed E-state index contributed by atoms with van der Waals surface area (Å²) in [7, 11) is 3.61. The molecule has 2 saturated heterocycles. The molecule has 2 aliphatic heterocycles. The highest BCUT2D eigenvalue weighted by Gasteiger charge is 2.47. The lowest BCUT2D eigenvalue weighted by Crippen LogP contribution is -2.48. The highest BCUT2D eigenvalue weighted by atomic mass is 16.5. The van der Waals surface area contributed by atoms with Crippen molar-refractivity contribution in [3.8, 4) is 5.88 Å². The molecule has 132 valence electrons. The number of piperidine rings is 1. The van der Waals surface area contributed by atoms with Crippen LogP contribution in [0.25, 0.3) is 10.9 Å². The molecule has 1 aromatic heterocycles. The summed E-state index contributed by atoms with van der Waals surface area (Å²) < 4.78 is 5.53. The minimum absolute atomic E-state index is 0.176. The van der Waals surface area contributed by atoms with Gasteiger partial charge in [0, 0.05) is 37.6 Å². The Morgan fingerprint density at radius 2 is 2.08 bits per heavy atom. The molecule has 5 nitrogen and oxygen atoms in total. The zero-order valence-corrected chi connectivity index (χ0v) is 15.0. The normalized spacial score (nSPS) is 24.4. The standard InChI is InChI=1S/C20H25N3O2/c1-22-10-5-8-20(19(22)24)9-11-23(14-20)13-16-12-15-6-3-4-7-17(15)21-18(16)25-2/h3-4,6-7,12H,5,8-11,13-14H2,1-2H3. The molecule has 5 heteroatoms. The Kier molecular flexibility index (Phi) is 4.12. The smallest absolute Gasteiger partial charge is 0.229 e. The fourth-order valence-corrected chi connectivity index (χ4v) is 4.41. The van der Waals surface area contributed by atoms with Crippen molar-refractivity contribution in [1.82, 2.24) is 14.8 Å². The zero-order chi connectivity index (χ0) is 17.4. The average molecular weight is 339 g/mol. The summed E-state index contributed by atoms with van der Waals surface area (Å²) in [5, 5.41) is 1.13.